The fourth-order valence-electron chi connectivity index (χ4n) is 2.02. The SMILES string of the molecule is C=C/C(=C\C=C/O)Cc1ccc(Oc2ccc(C)cc2)cc1. The highest BCUT2D eigenvalue weighted by Gasteiger charge is 1.99. The Kier molecular flexibility index (Phi) is 5.61. The topological polar surface area (TPSA) is 29.5 Å². The third-order valence-corrected chi connectivity index (χ3v) is 3.25. The monoisotopic (exact) mass is 292 g/mol. The van der Waals surface area contributed by atoms with E-state index in [4.69, 9.17) is 9.84 Å². The normalized spacial score (nSPS) is 11.6. The molecule has 0 spiro atoms. The number of rotatable bonds is 6. The summed E-state index contributed by atoms with van der Waals surface area (Å²) < 4.78 is 5.81. The zero-order chi connectivity index (χ0) is 15.8. The molecule has 0 bridgehead atoms. The van der Waals surface area contributed by atoms with Crippen molar-refractivity contribution in [2.75, 3.05) is 0 Å². The fraction of sp³-hybridized carbons (Fsp3) is 0.100. The molecule has 0 heterocycles. The maximum absolute atomic E-state index is 8.69. The summed E-state index contributed by atoms with van der Waals surface area (Å²) >= 11 is 0. The average molecular weight is 292 g/mol. The highest BCUT2D eigenvalue weighted by molar-refractivity contribution is 5.36. The average Bonchev–Trinajstić information content (AvgIpc) is 2.55. The molecule has 2 nitrogen and oxygen atoms in total. The summed E-state index contributed by atoms with van der Waals surface area (Å²) in [7, 11) is 0. The summed E-state index contributed by atoms with van der Waals surface area (Å²) in [5.74, 6) is 1.64. The lowest BCUT2D eigenvalue weighted by Crippen LogP contribution is -1.89. The van der Waals surface area contributed by atoms with Crippen LogP contribution < -0.4 is 4.74 Å². The molecule has 0 aliphatic rings. The Balaban J connectivity index is 2.03. The van der Waals surface area contributed by atoms with Gasteiger partial charge in [0.05, 0.1) is 6.26 Å². The number of aliphatic hydroxyl groups excluding tert-OH is 1. The van der Waals surface area contributed by atoms with Crippen LogP contribution in [0.25, 0.3) is 0 Å². The van der Waals surface area contributed by atoms with E-state index in [0.717, 1.165) is 35.3 Å². The van der Waals surface area contributed by atoms with E-state index < -0.39 is 0 Å². The van der Waals surface area contributed by atoms with Gasteiger partial charge in [0.2, 0.25) is 0 Å². The second-order valence-electron chi connectivity index (χ2n) is 5.02. The number of aryl methyl sites for hydroxylation is 1. The molecule has 2 heteroatoms. The molecule has 0 saturated carbocycles. The fourth-order valence-corrected chi connectivity index (χ4v) is 2.02. The molecule has 1 N–H and O–H groups in total. The van der Waals surface area contributed by atoms with Gasteiger partial charge in [-0.1, -0.05) is 48.6 Å². The van der Waals surface area contributed by atoms with Gasteiger partial charge in [-0.3, -0.25) is 0 Å². The number of allylic oxidation sites excluding steroid dienone is 4. The van der Waals surface area contributed by atoms with Crippen molar-refractivity contribution in [1.82, 2.24) is 0 Å². The molecule has 0 aliphatic heterocycles. The molecule has 0 radical (unpaired) electrons. The van der Waals surface area contributed by atoms with E-state index in [1.807, 2.05) is 54.6 Å². The first-order chi connectivity index (χ1) is 10.7. The van der Waals surface area contributed by atoms with E-state index in [2.05, 4.69) is 13.5 Å². The molecule has 0 fully saturated rings. The van der Waals surface area contributed by atoms with Crippen molar-refractivity contribution in [3.63, 3.8) is 0 Å². The van der Waals surface area contributed by atoms with Gasteiger partial charge >= 0.3 is 0 Å². The largest absolute Gasteiger partial charge is 0.516 e. The van der Waals surface area contributed by atoms with Crippen LogP contribution in [0.2, 0.25) is 0 Å². The molecule has 0 amide bonds. The molecule has 112 valence electrons. The lowest BCUT2D eigenvalue weighted by Gasteiger charge is -2.07. The summed E-state index contributed by atoms with van der Waals surface area (Å²) in [6.07, 6.45) is 6.99. The van der Waals surface area contributed by atoms with Gasteiger partial charge in [-0.05, 0) is 54.8 Å². The number of ether oxygens (including phenoxy) is 1. The van der Waals surface area contributed by atoms with E-state index in [1.54, 1.807) is 12.2 Å². The van der Waals surface area contributed by atoms with Gasteiger partial charge in [0.25, 0.3) is 0 Å². The number of hydrogen-bond donors (Lipinski definition) is 1. The van der Waals surface area contributed by atoms with Crippen molar-refractivity contribution in [1.29, 1.82) is 0 Å². The first-order valence-corrected chi connectivity index (χ1v) is 7.17. The van der Waals surface area contributed by atoms with Crippen molar-refractivity contribution in [2.24, 2.45) is 0 Å². The van der Waals surface area contributed by atoms with Crippen LogP contribution in [0.15, 0.2) is 85.2 Å². The van der Waals surface area contributed by atoms with E-state index in [1.165, 1.54) is 5.56 Å². The molecule has 2 rings (SSSR count). The van der Waals surface area contributed by atoms with Gasteiger partial charge < -0.3 is 9.84 Å². The maximum atomic E-state index is 8.69. The van der Waals surface area contributed by atoms with Crippen LogP contribution in [0, 0.1) is 6.92 Å². The third-order valence-electron chi connectivity index (χ3n) is 3.25. The van der Waals surface area contributed by atoms with Crippen molar-refractivity contribution in [3.05, 3.63) is 96.3 Å². The maximum Gasteiger partial charge on any atom is 0.127 e. The quantitative estimate of drug-likeness (QED) is 0.561. The van der Waals surface area contributed by atoms with Gasteiger partial charge in [-0.25, -0.2) is 0 Å². The van der Waals surface area contributed by atoms with Crippen LogP contribution in [0.3, 0.4) is 0 Å². The van der Waals surface area contributed by atoms with Crippen LogP contribution >= 0.6 is 0 Å². The second kappa shape index (κ2) is 7.89. The smallest absolute Gasteiger partial charge is 0.127 e. The van der Waals surface area contributed by atoms with Crippen molar-refractivity contribution in [3.8, 4) is 11.5 Å². The predicted octanol–water partition coefficient (Wildman–Crippen LogP) is 5.51. The van der Waals surface area contributed by atoms with Gasteiger partial charge in [0.15, 0.2) is 0 Å². The summed E-state index contributed by atoms with van der Waals surface area (Å²) in [6, 6.07) is 16.0. The first-order valence-electron chi connectivity index (χ1n) is 7.17. The van der Waals surface area contributed by atoms with Crippen LogP contribution in [-0.4, -0.2) is 5.11 Å². The minimum absolute atomic E-state index is 0.763. The van der Waals surface area contributed by atoms with E-state index >= 15 is 0 Å². The molecule has 0 aromatic heterocycles. The minimum atomic E-state index is 0.763. The van der Waals surface area contributed by atoms with Crippen molar-refractivity contribution < 1.29 is 9.84 Å². The highest BCUT2D eigenvalue weighted by Crippen LogP contribution is 2.22. The molecule has 0 saturated heterocycles. The highest BCUT2D eigenvalue weighted by atomic mass is 16.5. The molecule has 2 aromatic carbocycles. The van der Waals surface area contributed by atoms with Crippen LogP contribution in [0.5, 0.6) is 11.5 Å². The van der Waals surface area contributed by atoms with Crippen LogP contribution in [0.4, 0.5) is 0 Å². The summed E-state index contributed by atoms with van der Waals surface area (Å²) in [5, 5.41) is 8.69. The Morgan fingerprint density at radius 3 is 2.18 bits per heavy atom. The van der Waals surface area contributed by atoms with Gasteiger partial charge in [0.1, 0.15) is 11.5 Å². The van der Waals surface area contributed by atoms with E-state index in [-0.39, 0.29) is 0 Å². The van der Waals surface area contributed by atoms with Gasteiger partial charge in [-0.2, -0.15) is 0 Å². The Morgan fingerprint density at radius 2 is 1.64 bits per heavy atom. The Bertz CT molecular complexity index is 662. The standard InChI is InChI=1S/C20H20O2/c1-3-17(5-4-14-21)15-18-8-12-20(13-9-18)22-19-10-6-16(2)7-11-19/h3-14,21H,1,15H2,2H3/b14-4-,17-5+. The molecule has 22 heavy (non-hydrogen) atoms. The second-order valence-corrected chi connectivity index (χ2v) is 5.02. The van der Waals surface area contributed by atoms with Crippen LogP contribution in [-0.2, 0) is 6.42 Å². The lowest BCUT2D eigenvalue weighted by atomic mass is 10.0. The first kappa shape index (κ1) is 15.6. The third kappa shape index (κ3) is 4.67. The Hall–Kier alpha value is -2.74. The number of aliphatic hydroxyl groups is 1. The number of benzene rings is 2. The summed E-state index contributed by atoms with van der Waals surface area (Å²) in [6.45, 7) is 5.83. The zero-order valence-electron chi connectivity index (χ0n) is 12.7. The molecule has 0 unspecified atom stereocenters. The zero-order valence-corrected chi connectivity index (χ0v) is 12.7. The van der Waals surface area contributed by atoms with Gasteiger partial charge in [-0.15, -0.1) is 0 Å². The Labute approximate surface area is 131 Å². The van der Waals surface area contributed by atoms with Crippen molar-refractivity contribution in [2.45, 2.75) is 13.3 Å². The lowest BCUT2D eigenvalue weighted by molar-refractivity contribution is 0.473. The van der Waals surface area contributed by atoms with Gasteiger partial charge in [0, 0.05) is 0 Å². The molecule has 0 atom stereocenters. The van der Waals surface area contributed by atoms with Crippen molar-refractivity contribution >= 4 is 0 Å². The van der Waals surface area contributed by atoms with Crippen LogP contribution in [0.1, 0.15) is 11.1 Å². The minimum Gasteiger partial charge on any atom is -0.516 e. The predicted molar refractivity (Wildman–Crippen MR) is 91.4 cm³/mol. The summed E-state index contributed by atoms with van der Waals surface area (Å²) in [4.78, 5) is 0. The Morgan fingerprint density at radius 1 is 1.05 bits per heavy atom. The molecular weight excluding hydrogens is 272 g/mol. The molecule has 0 aliphatic carbocycles. The number of hydrogen-bond acceptors (Lipinski definition) is 2. The molecular formula is C20H20O2. The van der Waals surface area contributed by atoms with E-state index in [0.29, 0.717) is 0 Å². The summed E-state index contributed by atoms with van der Waals surface area (Å²) in [5.41, 5.74) is 3.41. The molecule has 2 aromatic rings. The van der Waals surface area contributed by atoms with E-state index in [9.17, 15) is 0 Å².